The van der Waals surface area contributed by atoms with E-state index in [0.717, 1.165) is 24.2 Å². The van der Waals surface area contributed by atoms with E-state index in [9.17, 15) is 4.55 Å². The van der Waals surface area contributed by atoms with Gasteiger partial charge in [-0.3, -0.25) is 4.98 Å². The topological polar surface area (TPSA) is 51.2 Å². The molecule has 0 spiro atoms. The van der Waals surface area contributed by atoms with Gasteiger partial charge in [-0.15, -0.1) is 4.72 Å². The summed E-state index contributed by atoms with van der Waals surface area (Å²) in [7, 11) is 4.08. The Morgan fingerprint density at radius 1 is 1.35 bits per heavy atom. The quantitative estimate of drug-likeness (QED) is 0.819. The van der Waals surface area contributed by atoms with E-state index in [1.807, 2.05) is 60.1 Å². The van der Waals surface area contributed by atoms with Crippen LogP contribution in [0.3, 0.4) is 0 Å². The molecule has 1 aromatic heterocycles. The Labute approximate surface area is 126 Å². The van der Waals surface area contributed by atoms with Gasteiger partial charge in [0, 0.05) is 17.6 Å². The highest BCUT2D eigenvalue weighted by atomic mass is 32.2. The molecule has 0 aromatic carbocycles. The van der Waals surface area contributed by atoms with Crippen molar-refractivity contribution < 1.29 is 4.55 Å². The first kappa shape index (κ1) is 17.4. The number of hydrogen-bond acceptors (Lipinski definition) is 4. The van der Waals surface area contributed by atoms with Crippen LogP contribution in [0, 0.1) is 6.92 Å². The van der Waals surface area contributed by atoms with Crippen LogP contribution in [0.2, 0.25) is 0 Å². The van der Waals surface area contributed by atoms with E-state index in [4.69, 9.17) is 0 Å². The van der Waals surface area contributed by atoms with E-state index in [0.29, 0.717) is 0 Å². The predicted molar refractivity (Wildman–Crippen MR) is 85.9 cm³/mol. The lowest BCUT2D eigenvalue weighted by Crippen LogP contribution is -2.42. The van der Waals surface area contributed by atoms with E-state index in [-0.39, 0.29) is 10.8 Å². The lowest BCUT2D eigenvalue weighted by Gasteiger charge is -2.28. The van der Waals surface area contributed by atoms with Crippen LogP contribution in [0.1, 0.15) is 44.5 Å². The monoisotopic (exact) mass is 297 g/mol. The SMILES string of the molecule is Cc1ccc(C(CCN(C)C)N[S+]([O-])C(C)(C)C)nc1. The molecule has 2 unspecified atom stereocenters. The minimum Gasteiger partial charge on any atom is -0.598 e. The van der Waals surface area contributed by atoms with Crippen LogP contribution in [-0.2, 0) is 11.4 Å². The fourth-order valence-corrected chi connectivity index (χ4v) is 2.50. The average Bonchev–Trinajstić information content (AvgIpc) is 2.34. The number of hydrogen-bond donors (Lipinski definition) is 1. The van der Waals surface area contributed by atoms with Crippen LogP contribution in [0.25, 0.3) is 0 Å². The molecule has 4 nitrogen and oxygen atoms in total. The molecule has 0 aliphatic rings. The Morgan fingerprint density at radius 2 is 2.00 bits per heavy atom. The highest BCUT2D eigenvalue weighted by Crippen LogP contribution is 2.21. The molecule has 0 aliphatic heterocycles. The van der Waals surface area contributed by atoms with Gasteiger partial charge >= 0.3 is 0 Å². The van der Waals surface area contributed by atoms with Gasteiger partial charge in [0.2, 0.25) is 0 Å². The molecule has 1 heterocycles. The smallest absolute Gasteiger partial charge is 0.136 e. The molecule has 1 rings (SSSR count). The predicted octanol–water partition coefficient (Wildman–Crippen LogP) is 2.43. The summed E-state index contributed by atoms with van der Waals surface area (Å²) in [6.45, 7) is 8.87. The highest BCUT2D eigenvalue weighted by molar-refractivity contribution is 7.90. The summed E-state index contributed by atoms with van der Waals surface area (Å²) < 4.78 is 15.3. The summed E-state index contributed by atoms with van der Waals surface area (Å²) in [6, 6.07) is 4.08. The minimum atomic E-state index is -1.10. The fraction of sp³-hybridized carbons (Fsp3) is 0.667. The largest absolute Gasteiger partial charge is 0.598 e. The first-order valence-electron chi connectivity index (χ1n) is 6.95. The van der Waals surface area contributed by atoms with Gasteiger partial charge in [-0.2, -0.15) is 0 Å². The molecular weight excluding hydrogens is 270 g/mol. The molecule has 0 aliphatic carbocycles. The summed E-state index contributed by atoms with van der Waals surface area (Å²) in [5.74, 6) is 0. The van der Waals surface area contributed by atoms with Crippen molar-refractivity contribution in [2.45, 2.75) is 44.9 Å². The number of aryl methyl sites for hydroxylation is 1. The molecule has 0 saturated carbocycles. The van der Waals surface area contributed by atoms with Gasteiger partial charge in [0.1, 0.15) is 4.75 Å². The normalized spacial score (nSPS) is 15.4. The standard InChI is InChI=1S/C15H27N3OS/c1-12-7-8-13(16-11-12)14(9-10-18(5)6)17-20(19)15(2,3)4/h7-8,11,14,17H,9-10H2,1-6H3. The molecule has 114 valence electrons. The molecule has 1 aromatic rings. The van der Waals surface area contributed by atoms with Gasteiger partial charge in [-0.1, -0.05) is 6.07 Å². The minimum absolute atomic E-state index is 0.0121. The third-order valence-electron chi connectivity index (χ3n) is 2.96. The second-order valence-corrected chi connectivity index (χ2v) is 8.40. The van der Waals surface area contributed by atoms with Gasteiger partial charge < -0.3 is 9.45 Å². The lowest BCUT2D eigenvalue weighted by molar-refractivity contribution is 0.371. The number of nitrogens with one attached hydrogen (secondary N) is 1. The Balaban J connectivity index is 2.82. The molecule has 0 radical (unpaired) electrons. The van der Waals surface area contributed by atoms with E-state index in [1.165, 1.54) is 0 Å². The van der Waals surface area contributed by atoms with Crippen molar-refractivity contribution in [3.05, 3.63) is 29.6 Å². The van der Waals surface area contributed by atoms with Crippen molar-refractivity contribution in [2.75, 3.05) is 20.6 Å². The van der Waals surface area contributed by atoms with E-state index >= 15 is 0 Å². The van der Waals surface area contributed by atoms with E-state index in [2.05, 4.69) is 14.6 Å². The summed E-state index contributed by atoms with van der Waals surface area (Å²) in [6.07, 6.45) is 2.74. The summed E-state index contributed by atoms with van der Waals surface area (Å²) in [4.78, 5) is 6.60. The Morgan fingerprint density at radius 3 is 2.45 bits per heavy atom. The molecule has 1 N–H and O–H groups in total. The van der Waals surface area contributed by atoms with Crippen LogP contribution in [-0.4, -0.2) is 39.8 Å². The first-order chi connectivity index (χ1) is 9.20. The van der Waals surface area contributed by atoms with Gasteiger partial charge in [0.15, 0.2) is 0 Å². The Hall–Kier alpha value is -0.620. The Kier molecular flexibility index (Phi) is 6.45. The maximum absolute atomic E-state index is 12.3. The zero-order chi connectivity index (χ0) is 15.3. The number of rotatable bonds is 6. The molecule has 0 saturated heterocycles. The van der Waals surface area contributed by atoms with E-state index < -0.39 is 11.4 Å². The summed E-state index contributed by atoms with van der Waals surface area (Å²) in [5.41, 5.74) is 2.09. The number of aromatic nitrogens is 1. The molecule has 0 bridgehead atoms. The molecule has 2 atom stereocenters. The highest BCUT2D eigenvalue weighted by Gasteiger charge is 2.30. The average molecular weight is 297 g/mol. The molecule has 5 heteroatoms. The van der Waals surface area contributed by atoms with Crippen LogP contribution in [0.4, 0.5) is 0 Å². The third kappa shape index (κ3) is 5.79. The Bertz CT molecular complexity index is 401. The molecule has 0 fully saturated rings. The van der Waals surface area contributed by atoms with Crippen molar-refractivity contribution in [3.63, 3.8) is 0 Å². The van der Waals surface area contributed by atoms with Gasteiger partial charge in [0.05, 0.1) is 11.7 Å². The van der Waals surface area contributed by atoms with Crippen LogP contribution >= 0.6 is 0 Å². The second-order valence-electron chi connectivity index (χ2n) is 6.40. The first-order valence-corrected chi connectivity index (χ1v) is 8.10. The molecule has 0 amide bonds. The maximum Gasteiger partial charge on any atom is 0.136 e. The van der Waals surface area contributed by atoms with E-state index in [1.54, 1.807) is 0 Å². The second kappa shape index (κ2) is 7.41. The lowest BCUT2D eigenvalue weighted by atomic mass is 10.1. The van der Waals surface area contributed by atoms with Gasteiger partial charge in [-0.25, -0.2) is 0 Å². The number of nitrogens with zero attached hydrogens (tertiary/aromatic N) is 2. The third-order valence-corrected chi connectivity index (χ3v) is 4.57. The van der Waals surface area contributed by atoms with Crippen LogP contribution in [0.5, 0.6) is 0 Å². The van der Waals surface area contributed by atoms with Gasteiger partial charge in [0.25, 0.3) is 0 Å². The zero-order valence-corrected chi connectivity index (χ0v) is 14.3. The number of pyridine rings is 1. The maximum atomic E-state index is 12.3. The van der Waals surface area contributed by atoms with Crippen LogP contribution < -0.4 is 4.72 Å². The van der Waals surface area contributed by atoms with Crippen molar-refractivity contribution in [2.24, 2.45) is 0 Å². The van der Waals surface area contributed by atoms with Gasteiger partial charge in [-0.05, 0) is 66.4 Å². The van der Waals surface area contributed by atoms with Crippen molar-refractivity contribution in [3.8, 4) is 0 Å². The van der Waals surface area contributed by atoms with Crippen molar-refractivity contribution >= 4 is 11.4 Å². The van der Waals surface area contributed by atoms with Crippen molar-refractivity contribution in [1.82, 2.24) is 14.6 Å². The van der Waals surface area contributed by atoms with Crippen LogP contribution in [0.15, 0.2) is 18.3 Å². The zero-order valence-electron chi connectivity index (χ0n) is 13.4. The fourth-order valence-electron chi connectivity index (χ4n) is 1.65. The molecular formula is C15H27N3OS. The van der Waals surface area contributed by atoms with Crippen molar-refractivity contribution in [1.29, 1.82) is 0 Å². The summed E-state index contributed by atoms with van der Waals surface area (Å²) >= 11 is -1.10. The summed E-state index contributed by atoms with van der Waals surface area (Å²) in [5, 5.41) is 0. The molecule has 20 heavy (non-hydrogen) atoms.